The number of halogens is 2. The fraction of sp³-hybridized carbons (Fsp3) is 0.667. The minimum Gasteiger partial charge on any atom is -0.204 e. The van der Waals surface area contributed by atoms with E-state index in [0.29, 0.717) is 0 Å². The van der Waals surface area contributed by atoms with Crippen molar-refractivity contribution < 1.29 is 8.78 Å². The highest BCUT2D eigenvalue weighted by Crippen LogP contribution is 2.43. The summed E-state index contributed by atoms with van der Waals surface area (Å²) >= 11 is 0. The average Bonchev–Trinajstić information content (AvgIpc) is 2.30. The third kappa shape index (κ3) is 6.02. The van der Waals surface area contributed by atoms with Crippen molar-refractivity contribution in [3.05, 3.63) is 35.4 Å². The Morgan fingerprint density at radius 1 is 0.900 bits per heavy atom. The second kappa shape index (κ2) is 7.19. The van der Waals surface area contributed by atoms with Gasteiger partial charge in [0, 0.05) is 0 Å². The normalized spacial score (nSPS) is 13.5. The van der Waals surface area contributed by atoms with Gasteiger partial charge in [0.15, 0.2) is 11.6 Å². The van der Waals surface area contributed by atoms with Crippen molar-refractivity contribution in [3.8, 4) is 0 Å². The first-order chi connectivity index (χ1) is 9.00. The van der Waals surface area contributed by atoms with Crippen LogP contribution in [0.1, 0.15) is 73.3 Å². The van der Waals surface area contributed by atoms with Crippen LogP contribution in [0.25, 0.3) is 0 Å². The largest absolute Gasteiger partial charge is 0.204 e. The van der Waals surface area contributed by atoms with E-state index in [0.717, 1.165) is 12.0 Å². The van der Waals surface area contributed by atoms with Gasteiger partial charge in [0.2, 0.25) is 0 Å². The van der Waals surface area contributed by atoms with Crippen LogP contribution in [0.5, 0.6) is 0 Å². The minimum absolute atomic E-state index is 0.0253. The summed E-state index contributed by atoms with van der Waals surface area (Å²) in [6, 6.07) is 4.28. The monoisotopic (exact) mass is 284 g/mol. The summed E-state index contributed by atoms with van der Waals surface area (Å²) in [5, 5.41) is 0. The fourth-order valence-electron chi connectivity index (χ4n) is 2.27. The van der Waals surface area contributed by atoms with Crippen LogP contribution in [0.2, 0.25) is 0 Å². The number of benzene rings is 1. The van der Waals surface area contributed by atoms with E-state index in [9.17, 15) is 8.78 Å². The zero-order valence-corrected chi connectivity index (χ0v) is 14.3. The lowest BCUT2D eigenvalue weighted by molar-refractivity contribution is 0.228. The van der Waals surface area contributed by atoms with Gasteiger partial charge in [0.25, 0.3) is 0 Å². The van der Waals surface area contributed by atoms with Crippen LogP contribution in [0.3, 0.4) is 0 Å². The molecule has 0 heterocycles. The molecule has 0 aromatic heterocycles. The lowest BCUT2D eigenvalue weighted by atomic mass is 9.69. The Morgan fingerprint density at radius 2 is 1.40 bits per heavy atom. The molecule has 1 unspecified atom stereocenters. The molecule has 0 spiro atoms. The highest BCUT2D eigenvalue weighted by atomic mass is 19.2. The quantitative estimate of drug-likeness (QED) is 0.577. The molecular weight excluding hydrogens is 254 g/mol. The van der Waals surface area contributed by atoms with Gasteiger partial charge in [-0.25, -0.2) is 8.78 Å². The first kappa shape index (κ1) is 19.1. The van der Waals surface area contributed by atoms with Gasteiger partial charge in [-0.3, -0.25) is 0 Å². The van der Waals surface area contributed by atoms with E-state index in [4.69, 9.17) is 0 Å². The van der Waals surface area contributed by atoms with Crippen LogP contribution in [-0.4, -0.2) is 0 Å². The molecule has 0 aliphatic heterocycles. The van der Waals surface area contributed by atoms with Crippen LogP contribution >= 0.6 is 0 Å². The zero-order chi connectivity index (χ0) is 16.1. The molecule has 0 aliphatic carbocycles. The van der Waals surface area contributed by atoms with Crippen LogP contribution in [0.15, 0.2) is 18.2 Å². The minimum atomic E-state index is -0.776. The SMILES string of the molecule is CC.CC(C)(C)CC(c1ccc(F)c(F)c1)C(C)(C)C. The van der Waals surface area contributed by atoms with Gasteiger partial charge in [0.05, 0.1) is 0 Å². The third-order valence-electron chi connectivity index (χ3n) is 3.21. The maximum atomic E-state index is 13.4. The van der Waals surface area contributed by atoms with Crippen molar-refractivity contribution >= 4 is 0 Å². The van der Waals surface area contributed by atoms with Gasteiger partial charge < -0.3 is 0 Å². The molecule has 0 amide bonds. The van der Waals surface area contributed by atoms with Crippen molar-refractivity contribution in [3.63, 3.8) is 0 Å². The predicted molar refractivity (Wildman–Crippen MR) is 84.0 cm³/mol. The smallest absolute Gasteiger partial charge is 0.159 e. The van der Waals surface area contributed by atoms with Crippen LogP contribution in [0.4, 0.5) is 8.78 Å². The van der Waals surface area contributed by atoms with E-state index < -0.39 is 11.6 Å². The Hall–Kier alpha value is -0.920. The molecule has 0 radical (unpaired) electrons. The van der Waals surface area contributed by atoms with Crippen molar-refractivity contribution in [2.75, 3.05) is 0 Å². The molecule has 0 saturated carbocycles. The molecule has 1 rings (SSSR count). The Balaban J connectivity index is 0.00000172. The summed E-state index contributed by atoms with van der Waals surface area (Å²) in [6.45, 7) is 16.9. The fourth-order valence-corrected chi connectivity index (χ4v) is 2.27. The molecule has 0 N–H and O–H groups in total. The summed E-state index contributed by atoms with van der Waals surface area (Å²) in [5.41, 5.74) is 1.07. The topological polar surface area (TPSA) is 0 Å². The summed E-state index contributed by atoms with van der Waals surface area (Å²) in [4.78, 5) is 0. The molecule has 1 atom stereocenters. The first-order valence-electron chi connectivity index (χ1n) is 7.46. The van der Waals surface area contributed by atoms with Gasteiger partial charge in [-0.2, -0.15) is 0 Å². The summed E-state index contributed by atoms with van der Waals surface area (Å²) in [5.74, 6) is -1.31. The second-order valence-corrected chi connectivity index (χ2v) is 7.36. The molecule has 20 heavy (non-hydrogen) atoms. The van der Waals surface area contributed by atoms with Gasteiger partial charge in [0.1, 0.15) is 0 Å². The van der Waals surface area contributed by atoms with Crippen molar-refractivity contribution in [2.45, 2.75) is 67.7 Å². The molecule has 0 fully saturated rings. The van der Waals surface area contributed by atoms with Gasteiger partial charge >= 0.3 is 0 Å². The third-order valence-corrected chi connectivity index (χ3v) is 3.21. The summed E-state index contributed by atoms with van der Waals surface area (Å²) < 4.78 is 26.4. The van der Waals surface area contributed by atoms with Gasteiger partial charge in [-0.1, -0.05) is 61.5 Å². The van der Waals surface area contributed by atoms with Gasteiger partial charge in [-0.05, 0) is 40.9 Å². The van der Waals surface area contributed by atoms with E-state index >= 15 is 0 Å². The molecule has 116 valence electrons. The number of hydrogen-bond donors (Lipinski definition) is 0. The number of rotatable bonds is 2. The molecule has 1 aromatic rings. The number of hydrogen-bond acceptors (Lipinski definition) is 0. The maximum absolute atomic E-state index is 13.4. The zero-order valence-electron chi connectivity index (χ0n) is 14.3. The van der Waals surface area contributed by atoms with E-state index in [-0.39, 0.29) is 16.7 Å². The second-order valence-electron chi connectivity index (χ2n) is 7.36. The summed E-state index contributed by atoms with van der Waals surface area (Å²) in [6.07, 6.45) is 0.946. The molecule has 0 bridgehead atoms. The van der Waals surface area contributed by atoms with Crippen molar-refractivity contribution in [2.24, 2.45) is 10.8 Å². The Kier molecular flexibility index (Phi) is 6.86. The van der Waals surface area contributed by atoms with Crippen LogP contribution < -0.4 is 0 Å². The van der Waals surface area contributed by atoms with E-state index in [2.05, 4.69) is 41.5 Å². The lowest BCUT2D eigenvalue weighted by Crippen LogP contribution is -2.24. The molecule has 0 nitrogen and oxygen atoms in total. The van der Waals surface area contributed by atoms with E-state index in [1.165, 1.54) is 12.1 Å². The Bertz CT molecular complexity index is 408. The van der Waals surface area contributed by atoms with Crippen molar-refractivity contribution in [1.82, 2.24) is 0 Å². The Labute approximate surface area is 123 Å². The van der Waals surface area contributed by atoms with Crippen LogP contribution in [0, 0.1) is 22.5 Å². The molecular formula is C18H30F2. The molecule has 0 aliphatic rings. The molecule has 2 heteroatoms. The van der Waals surface area contributed by atoms with Gasteiger partial charge in [-0.15, -0.1) is 0 Å². The Morgan fingerprint density at radius 3 is 1.75 bits per heavy atom. The standard InChI is InChI=1S/C16H24F2.C2H6/c1-15(2,3)10-12(16(4,5)6)11-7-8-13(17)14(18)9-11;1-2/h7-9,12H,10H2,1-6H3;1-2H3. The van der Waals surface area contributed by atoms with E-state index in [1.807, 2.05) is 13.8 Å². The summed E-state index contributed by atoms with van der Waals surface area (Å²) in [7, 11) is 0. The van der Waals surface area contributed by atoms with E-state index in [1.54, 1.807) is 6.07 Å². The average molecular weight is 284 g/mol. The lowest BCUT2D eigenvalue weighted by Gasteiger charge is -2.36. The maximum Gasteiger partial charge on any atom is 0.159 e. The highest BCUT2D eigenvalue weighted by Gasteiger charge is 2.30. The highest BCUT2D eigenvalue weighted by molar-refractivity contribution is 5.23. The molecule has 1 aromatic carbocycles. The van der Waals surface area contributed by atoms with Crippen LogP contribution in [-0.2, 0) is 0 Å². The predicted octanol–water partition coefficient (Wildman–Crippen LogP) is 6.56. The first-order valence-corrected chi connectivity index (χ1v) is 7.46. The van der Waals surface area contributed by atoms with Crippen molar-refractivity contribution in [1.29, 1.82) is 0 Å². The molecule has 0 saturated heterocycles.